The molecule has 4 nitrogen and oxygen atoms in total. The molecule has 0 bridgehead atoms. The number of aromatic nitrogens is 2. The Morgan fingerprint density at radius 1 is 1.24 bits per heavy atom. The molecule has 2 N–H and O–H groups in total. The highest BCUT2D eigenvalue weighted by Crippen LogP contribution is 2.45. The minimum Gasteiger partial charge on any atom is -0.355 e. The summed E-state index contributed by atoms with van der Waals surface area (Å²) in [4.78, 5) is 10.8. The zero-order chi connectivity index (χ0) is 11.7. The van der Waals surface area contributed by atoms with Gasteiger partial charge in [-0.3, -0.25) is 4.98 Å². The molecule has 1 saturated heterocycles. The van der Waals surface area contributed by atoms with Gasteiger partial charge in [0.05, 0.1) is 6.20 Å². The highest BCUT2D eigenvalue weighted by Gasteiger charge is 2.42. The normalized spacial score (nSPS) is 27.6. The van der Waals surface area contributed by atoms with Crippen molar-refractivity contribution in [2.24, 2.45) is 11.1 Å². The molecule has 0 amide bonds. The van der Waals surface area contributed by atoms with E-state index in [2.05, 4.69) is 14.9 Å². The Labute approximate surface area is 102 Å². The van der Waals surface area contributed by atoms with Crippen LogP contribution in [0.3, 0.4) is 0 Å². The molecule has 2 aliphatic rings. The lowest BCUT2D eigenvalue weighted by Crippen LogP contribution is -2.47. The summed E-state index contributed by atoms with van der Waals surface area (Å²) < 4.78 is 0. The maximum Gasteiger partial charge on any atom is 0.147 e. The first-order valence-electron chi connectivity index (χ1n) is 6.57. The largest absolute Gasteiger partial charge is 0.355 e. The van der Waals surface area contributed by atoms with Crippen LogP contribution in [0.2, 0.25) is 0 Å². The zero-order valence-electron chi connectivity index (χ0n) is 10.2. The van der Waals surface area contributed by atoms with Gasteiger partial charge >= 0.3 is 0 Å². The second kappa shape index (κ2) is 4.26. The fraction of sp³-hybridized carbons (Fsp3) is 0.692. The van der Waals surface area contributed by atoms with E-state index >= 15 is 0 Å². The van der Waals surface area contributed by atoms with Crippen LogP contribution in [-0.2, 0) is 0 Å². The first kappa shape index (κ1) is 11.0. The van der Waals surface area contributed by atoms with Crippen LogP contribution in [0.5, 0.6) is 0 Å². The number of anilines is 1. The fourth-order valence-electron chi connectivity index (χ4n) is 3.42. The topological polar surface area (TPSA) is 55.0 Å². The molecule has 1 saturated carbocycles. The third-order valence-electron chi connectivity index (χ3n) is 4.61. The van der Waals surface area contributed by atoms with Gasteiger partial charge in [-0.2, -0.15) is 0 Å². The standard InChI is InChI=1S/C13H20N4/c14-11-2-1-3-13(11)4-8-17(9-5-13)12-10-15-6-7-16-12/h6-7,10-11H,1-5,8-9,14H2. The van der Waals surface area contributed by atoms with Crippen LogP contribution in [0.25, 0.3) is 0 Å². The Kier molecular flexibility index (Phi) is 2.74. The van der Waals surface area contributed by atoms with E-state index in [-0.39, 0.29) is 0 Å². The summed E-state index contributed by atoms with van der Waals surface area (Å²) in [6, 6.07) is 0.423. The predicted octanol–water partition coefficient (Wildman–Crippen LogP) is 1.57. The van der Waals surface area contributed by atoms with Gasteiger partial charge in [-0.1, -0.05) is 6.42 Å². The van der Waals surface area contributed by atoms with E-state index in [1.165, 1.54) is 32.1 Å². The van der Waals surface area contributed by atoms with Crippen molar-refractivity contribution in [1.82, 2.24) is 9.97 Å². The third-order valence-corrected chi connectivity index (χ3v) is 4.61. The van der Waals surface area contributed by atoms with Crippen molar-refractivity contribution in [1.29, 1.82) is 0 Å². The van der Waals surface area contributed by atoms with Gasteiger partial charge in [0.2, 0.25) is 0 Å². The van der Waals surface area contributed by atoms with Gasteiger partial charge in [0.25, 0.3) is 0 Å². The molecule has 4 heteroatoms. The van der Waals surface area contributed by atoms with Crippen molar-refractivity contribution in [3.05, 3.63) is 18.6 Å². The lowest BCUT2D eigenvalue weighted by atomic mass is 9.74. The van der Waals surface area contributed by atoms with E-state index in [0.717, 1.165) is 18.9 Å². The Morgan fingerprint density at radius 2 is 2.06 bits per heavy atom. The van der Waals surface area contributed by atoms with Crippen LogP contribution < -0.4 is 10.6 Å². The smallest absolute Gasteiger partial charge is 0.147 e. The fourth-order valence-corrected chi connectivity index (χ4v) is 3.42. The Morgan fingerprint density at radius 3 is 2.65 bits per heavy atom. The van der Waals surface area contributed by atoms with Crippen LogP contribution in [0.1, 0.15) is 32.1 Å². The second-order valence-electron chi connectivity index (χ2n) is 5.41. The summed E-state index contributed by atoms with van der Waals surface area (Å²) in [6.45, 7) is 2.15. The van der Waals surface area contributed by atoms with E-state index in [4.69, 9.17) is 5.73 Å². The van der Waals surface area contributed by atoms with Crippen molar-refractivity contribution >= 4 is 5.82 Å². The Balaban J connectivity index is 1.68. The molecular formula is C13H20N4. The average Bonchev–Trinajstić information content (AvgIpc) is 2.73. The van der Waals surface area contributed by atoms with E-state index < -0.39 is 0 Å². The van der Waals surface area contributed by atoms with Crippen molar-refractivity contribution in [3.8, 4) is 0 Å². The van der Waals surface area contributed by atoms with Crippen LogP contribution in [0.15, 0.2) is 18.6 Å². The first-order valence-corrected chi connectivity index (χ1v) is 6.57. The summed E-state index contributed by atoms with van der Waals surface area (Å²) in [7, 11) is 0. The van der Waals surface area contributed by atoms with Crippen LogP contribution >= 0.6 is 0 Å². The van der Waals surface area contributed by atoms with Gasteiger partial charge < -0.3 is 10.6 Å². The van der Waals surface area contributed by atoms with Crippen LogP contribution in [0, 0.1) is 5.41 Å². The average molecular weight is 232 g/mol. The summed E-state index contributed by atoms with van der Waals surface area (Å²) in [6.07, 6.45) is 11.6. The number of nitrogens with two attached hydrogens (primary N) is 1. The van der Waals surface area contributed by atoms with Crippen LogP contribution in [0.4, 0.5) is 5.82 Å². The highest BCUT2D eigenvalue weighted by atomic mass is 15.2. The minimum absolute atomic E-state index is 0.423. The molecule has 17 heavy (non-hydrogen) atoms. The predicted molar refractivity (Wildman–Crippen MR) is 67.7 cm³/mol. The van der Waals surface area contributed by atoms with Crippen molar-refractivity contribution in [2.45, 2.75) is 38.1 Å². The van der Waals surface area contributed by atoms with Gasteiger partial charge in [0.1, 0.15) is 5.82 Å². The van der Waals surface area contributed by atoms with Gasteiger partial charge in [-0.15, -0.1) is 0 Å². The molecule has 1 aromatic heterocycles. The number of hydrogen-bond acceptors (Lipinski definition) is 4. The molecule has 2 heterocycles. The molecule has 3 rings (SSSR count). The molecule has 1 aromatic rings. The lowest BCUT2D eigenvalue weighted by molar-refractivity contribution is 0.197. The molecule has 1 unspecified atom stereocenters. The number of nitrogens with zero attached hydrogens (tertiary/aromatic N) is 3. The molecule has 0 radical (unpaired) electrons. The minimum atomic E-state index is 0.423. The van der Waals surface area contributed by atoms with E-state index in [1.54, 1.807) is 12.4 Å². The monoisotopic (exact) mass is 232 g/mol. The van der Waals surface area contributed by atoms with Gasteiger partial charge in [0.15, 0.2) is 0 Å². The molecule has 92 valence electrons. The van der Waals surface area contributed by atoms with Crippen molar-refractivity contribution in [2.75, 3.05) is 18.0 Å². The van der Waals surface area contributed by atoms with Crippen molar-refractivity contribution in [3.63, 3.8) is 0 Å². The third kappa shape index (κ3) is 1.90. The molecule has 1 aliphatic heterocycles. The Bertz CT molecular complexity index is 370. The molecule has 1 aliphatic carbocycles. The second-order valence-corrected chi connectivity index (χ2v) is 5.41. The van der Waals surface area contributed by atoms with Crippen molar-refractivity contribution < 1.29 is 0 Å². The summed E-state index contributed by atoms with van der Waals surface area (Å²) in [5.74, 6) is 1.01. The zero-order valence-corrected chi connectivity index (χ0v) is 10.2. The summed E-state index contributed by atoms with van der Waals surface area (Å²) in [5.41, 5.74) is 6.71. The number of hydrogen-bond donors (Lipinski definition) is 1. The summed E-state index contributed by atoms with van der Waals surface area (Å²) >= 11 is 0. The van der Waals surface area contributed by atoms with E-state index in [1.807, 2.05) is 6.20 Å². The number of rotatable bonds is 1. The molecule has 0 aromatic carbocycles. The lowest BCUT2D eigenvalue weighted by Gasteiger charge is -2.42. The first-order chi connectivity index (χ1) is 8.30. The summed E-state index contributed by atoms with van der Waals surface area (Å²) in [5, 5.41) is 0. The quantitative estimate of drug-likeness (QED) is 0.798. The molecule has 2 fully saturated rings. The Hall–Kier alpha value is -1.16. The molecule has 1 spiro atoms. The van der Waals surface area contributed by atoms with Gasteiger partial charge in [0, 0.05) is 31.5 Å². The maximum absolute atomic E-state index is 6.28. The molecule has 1 atom stereocenters. The van der Waals surface area contributed by atoms with Gasteiger partial charge in [-0.05, 0) is 31.1 Å². The molecular weight excluding hydrogens is 212 g/mol. The maximum atomic E-state index is 6.28. The highest BCUT2D eigenvalue weighted by molar-refractivity contribution is 5.36. The van der Waals surface area contributed by atoms with E-state index in [9.17, 15) is 0 Å². The van der Waals surface area contributed by atoms with Gasteiger partial charge in [-0.25, -0.2) is 4.98 Å². The number of piperidine rings is 1. The van der Waals surface area contributed by atoms with E-state index in [0.29, 0.717) is 11.5 Å². The van der Waals surface area contributed by atoms with Crippen LogP contribution in [-0.4, -0.2) is 29.1 Å². The SMILES string of the molecule is NC1CCCC12CCN(c1cnccn1)CC2.